The third kappa shape index (κ3) is 3.27. The zero-order valence-electron chi connectivity index (χ0n) is 12.6. The first-order valence-corrected chi connectivity index (χ1v) is 7.74. The van der Waals surface area contributed by atoms with E-state index in [4.69, 9.17) is 0 Å². The highest BCUT2D eigenvalue weighted by Crippen LogP contribution is 2.31. The molecule has 0 aliphatic carbocycles. The maximum absolute atomic E-state index is 10.0. The van der Waals surface area contributed by atoms with Gasteiger partial charge in [-0.25, -0.2) is 0 Å². The second-order valence-electron chi connectivity index (χ2n) is 5.88. The summed E-state index contributed by atoms with van der Waals surface area (Å²) in [6, 6.07) is 10.1. The van der Waals surface area contributed by atoms with E-state index in [1.807, 2.05) is 36.1 Å². The third-order valence-corrected chi connectivity index (χ3v) is 4.30. The van der Waals surface area contributed by atoms with Crippen molar-refractivity contribution in [2.24, 2.45) is 7.05 Å². The summed E-state index contributed by atoms with van der Waals surface area (Å²) in [5.74, 6) is 0.390. The van der Waals surface area contributed by atoms with E-state index >= 15 is 0 Å². The van der Waals surface area contributed by atoms with Crippen LogP contribution in [0.5, 0.6) is 5.75 Å². The summed E-state index contributed by atoms with van der Waals surface area (Å²) in [7, 11) is 1.97. The minimum Gasteiger partial charge on any atom is -0.508 e. The van der Waals surface area contributed by atoms with Crippen LogP contribution >= 0.6 is 0 Å². The van der Waals surface area contributed by atoms with E-state index in [9.17, 15) is 5.11 Å². The number of nitrogens with zero attached hydrogens (tertiary/aromatic N) is 3. The third-order valence-electron chi connectivity index (χ3n) is 4.30. The Bertz CT molecular complexity index is 593. The quantitative estimate of drug-likeness (QED) is 0.941. The van der Waals surface area contributed by atoms with Gasteiger partial charge in [0.1, 0.15) is 5.75 Å². The van der Waals surface area contributed by atoms with Crippen molar-refractivity contribution in [2.45, 2.75) is 38.3 Å². The molecule has 0 amide bonds. The van der Waals surface area contributed by atoms with Crippen LogP contribution in [0.15, 0.2) is 36.5 Å². The average Bonchev–Trinajstić information content (AvgIpc) is 2.77. The minimum atomic E-state index is 0.355. The number of benzene rings is 1. The Morgan fingerprint density at radius 3 is 2.81 bits per heavy atom. The van der Waals surface area contributed by atoms with Gasteiger partial charge in [-0.2, -0.15) is 5.10 Å². The van der Waals surface area contributed by atoms with Crippen LogP contribution in [0, 0.1) is 0 Å². The number of aromatic nitrogens is 2. The van der Waals surface area contributed by atoms with Crippen molar-refractivity contribution < 1.29 is 5.11 Å². The molecule has 1 aromatic heterocycles. The number of likely N-dealkylation sites (tertiary alicyclic amines) is 1. The van der Waals surface area contributed by atoms with E-state index in [0.717, 1.165) is 30.8 Å². The Hall–Kier alpha value is -1.81. The summed E-state index contributed by atoms with van der Waals surface area (Å²) in [6.07, 6.45) is 6.90. The smallest absolute Gasteiger partial charge is 0.120 e. The van der Waals surface area contributed by atoms with Crippen LogP contribution in [0.1, 0.15) is 43.0 Å². The molecule has 0 bridgehead atoms. The highest BCUT2D eigenvalue weighted by atomic mass is 16.3. The highest BCUT2D eigenvalue weighted by molar-refractivity contribution is 5.31. The zero-order chi connectivity index (χ0) is 14.7. The Morgan fingerprint density at radius 1 is 1.19 bits per heavy atom. The lowest BCUT2D eigenvalue weighted by Gasteiger charge is -2.29. The molecule has 1 aliphatic rings. The van der Waals surface area contributed by atoms with Crippen LogP contribution < -0.4 is 0 Å². The number of phenols is 1. The summed E-state index contributed by atoms with van der Waals surface area (Å²) >= 11 is 0. The minimum absolute atomic E-state index is 0.355. The predicted molar refractivity (Wildman–Crippen MR) is 82.9 cm³/mol. The number of aryl methyl sites for hydroxylation is 1. The summed E-state index contributed by atoms with van der Waals surface area (Å²) < 4.78 is 1.87. The van der Waals surface area contributed by atoms with E-state index in [1.165, 1.54) is 19.3 Å². The molecule has 112 valence electrons. The maximum atomic E-state index is 10.0. The molecule has 0 unspecified atom stereocenters. The molecule has 0 saturated carbocycles. The second kappa shape index (κ2) is 6.31. The van der Waals surface area contributed by atoms with Crippen molar-refractivity contribution in [3.05, 3.63) is 47.8 Å². The van der Waals surface area contributed by atoms with E-state index in [2.05, 4.69) is 16.1 Å². The molecule has 1 atom stereocenters. The lowest BCUT2D eigenvalue weighted by molar-refractivity contribution is 0.186. The first-order chi connectivity index (χ1) is 10.2. The van der Waals surface area contributed by atoms with Gasteiger partial charge in [0.05, 0.1) is 11.7 Å². The molecular weight excluding hydrogens is 262 g/mol. The Balaban J connectivity index is 1.84. The lowest BCUT2D eigenvalue weighted by Crippen LogP contribution is -2.28. The second-order valence-corrected chi connectivity index (χ2v) is 5.88. The van der Waals surface area contributed by atoms with E-state index in [-0.39, 0.29) is 0 Å². The Labute approximate surface area is 126 Å². The molecule has 4 heteroatoms. The van der Waals surface area contributed by atoms with Gasteiger partial charge in [0.2, 0.25) is 0 Å². The first-order valence-electron chi connectivity index (χ1n) is 7.74. The molecule has 2 aromatic rings. The Kier molecular flexibility index (Phi) is 4.25. The van der Waals surface area contributed by atoms with Crippen molar-refractivity contribution in [1.29, 1.82) is 0 Å². The molecule has 1 N–H and O–H groups in total. The van der Waals surface area contributed by atoms with Crippen LogP contribution in [0.3, 0.4) is 0 Å². The lowest BCUT2D eigenvalue weighted by atomic mass is 10.1. The van der Waals surface area contributed by atoms with E-state index in [0.29, 0.717) is 11.8 Å². The molecule has 1 fully saturated rings. The normalized spacial score (nSPS) is 20.3. The van der Waals surface area contributed by atoms with Crippen LogP contribution in [-0.2, 0) is 13.6 Å². The van der Waals surface area contributed by atoms with Gasteiger partial charge in [0.15, 0.2) is 0 Å². The number of para-hydroxylation sites is 1. The van der Waals surface area contributed by atoms with Crippen molar-refractivity contribution in [3.63, 3.8) is 0 Å². The molecule has 21 heavy (non-hydrogen) atoms. The fourth-order valence-corrected chi connectivity index (χ4v) is 3.17. The standard InChI is InChI=1S/C17H23N3O/c1-19-12-10-15(18-19)16-8-3-2-6-11-20(16)13-14-7-4-5-9-17(14)21/h4-5,7,9-10,12,16,21H,2-3,6,8,11,13H2,1H3/t16-/m0/s1. The van der Waals surface area contributed by atoms with Crippen LogP contribution in [0.25, 0.3) is 0 Å². The van der Waals surface area contributed by atoms with Gasteiger partial charge in [-0.1, -0.05) is 31.0 Å². The number of hydrogen-bond donors (Lipinski definition) is 1. The molecule has 4 nitrogen and oxygen atoms in total. The number of hydrogen-bond acceptors (Lipinski definition) is 3. The number of rotatable bonds is 3. The van der Waals surface area contributed by atoms with Crippen molar-refractivity contribution in [1.82, 2.24) is 14.7 Å². The van der Waals surface area contributed by atoms with Crippen molar-refractivity contribution >= 4 is 0 Å². The van der Waals surface area contributed by atoms with Crippen molar-refractivity contribution in [3.8, 4) is 5.75 Å². The molecule has 1 aromatic carbocycles. The highest BCUT2D eigenvalue weighted by Gasteiger charge is 2.25. The molecular formula is C17H23N3O. The van der Waals surface area contributed by atoms with E-state index in [1.54, 1.807) is 6.07 Å². The summed E-state index contributed by atoms with van der Waals surface area (Å²) in [6.45, 7) is 1.85. The average molecular weight is 285 g/mol. The van der Waals surface area contributed by atoms with Gasteiger partial charge in [-0.15, -0.1) is 0 Å². The van der Waals surface area contributed by atoms with Gasteiger partial charge < -0.3 is 5.11 Å². The van der Waals surface area contributed by atoms with Crippen LogP contribution in [-0.4, -0.2) is 26.3 Å². The fourth-order valence-electron chi connectivity index (χ4n) is 3.17. The molecule has 0 radical (unpaired) electrons. The van der Waals surface area contributed by atoms with Gasteiger partial charge >= 0.3 is 0 Å². The van der Waals surface area contributed by atoms with Crippen LogP contribution in [0.4, 0.5) is 0 Å². The van der Waals surface area contributed by atoms with Gasteiger partial charge in [0, 0.05) is 25.4 Å². The van der Waals surface area contributed by atoms with Gasteiger partial charge in [-0.3, -0.25) is 9.58 Å². The molecule has 2 heterocycles. The molecule has 1 aliphatic heterocycles. The first kappa shape index (κ1) is 14.1. The summed E-state index contributed by atoms with van der Waals surface area (Å²) in [5.41, 5.74) is 2.15. The summed E-state index contributed by atoms with van der Waals surface area (Å²) in [4.78, 5) is 2.46. The topological polar surface area (TPSA) is 41.3 Å². The Morgan fingerprint density at radius 2 is 2.05 bits per heavy atom. The van der Waals surface area contributed by atoms with Gasteiger partial charge in [0.25, 0.3) is 0 Å². The SMILES string of the molecule is Cn1ccc([C@@H]2CCCCCN2Cc2ccccc2O)n1. The monoisotopic (exact) mass is 285 g/mol. The molecule has 3 rings (SSSR count). The summed E-state index contributed by atoms with van der Waals surface area (Å²) in [5, 5.41) is 14.6. The number of aromatic hydroxyl groups is 1. The van der Waals surface area contributed by atoms with Crippen LogP contribution in [0.2, 0.25) is 0 Å². The molecule has 0 spiro atoms. The van der Waals surface area contributed by atoms with Gasteiger partial charge in [-0.05, 0) is 31.5 Å². The largest absolute Gasteiger partial charge is 0.508 e. The number of phenolic OH excluding ortho intramolecular Hbond substituents is 1. The van der Waals surface area contributed by atoms with E-state index < -0.39 is 0 Å². The fraction of sp³-hybridized carbons (Fsp3) is 0.471. The van der Waals surface area contributed by atoms with Crippen molar-refractivity contribution in [2.75, 3.05) is 6.54 Å². The predicted octanol–water partition coefficient (Wildman–Crippen LogP) is 3.24. The zero-order valence-corrected chi connectivity index (χ0v) is 12.6. The molecule has 1 saturated heterocycles. The maximum Gasteiger partial charge on any atom is 0.120 e.